The summed E-state index contributed by atoms with van der Waals surface area (Å²) in [5.74, 6) is -0.624. The molecule has 4 rings (SSSR count). The Hall–Kier alpha value is -2.32. The van der Waals surface area contributed by atoms with Crippen LogP contribution in [0.15, 0.2) is 36.5 Å². The van der Waals surface area contributed by atoms with E-state index in [1.54, 1.807) is 0 Å². The molecule has 0 saturated carbocycles. The Morgan fingerprint density at radius 2 is 1.77 bits per heavy atom. The van der Waals surface area contributed by atoms with E-state index < -0.39 is 17.6 Å². The molecule has 0 spiro atoms. The van der Waals surface area contributed by atoms with E-state index in [-0.39, 0.29) is 10.7 Å². The molecule has 2 aromatic rings. The minimum absolute atomic E-state index is 0.0422. The first-order chi connectivity index (χ1) is 14.8. The normalized spacial score (nSPS) is 18.4. The summed E-state index contributed by atoms with van der Waals surface area (Å²) in [5.41, 5.74) is -0.0769. The van der Waals surface area contributed by atoms with Crippen LogP contribution in [0.25, 0.3) is 0 Å². The van der Waals surface area contributed by atoms with E-state index in [1.165, 1.54) is 37.2 Å². The van der Waals surface area contributed by atoms with Crippen LogP contribution < -0.4 is 10.2 Å². The van der Waals surface area contributed by atoms with Crippen LogP contribution in [-0.2, 0) is 6.18 Å². The number of carbonyl (C=O) groups excluding carboxylic acids is 1. The van der Waals surface area contributed by atoms with Gasteiger partial charge in [0.25, 0.3) is 5.91 Å². The van der Waals surface area contributed by atoms with Gasteiger partial charge in [0.1, 0.15) is 5.15 Å². The van der Waals surface area contributed by atoms with E-state index >= 15 is 0 Å². The Morgan fingerprint density at radius 3 is 2.42 bits per heavy atom. The number of hydrogen-bond donors (Lipinski definition) is 1. The second-order valence-electron chi connectivity index (χ2n) is 8.05. The number of halogens is 4. The fraction of sp³-hybridized carbons (Fsp3) is 0.455. The SMILES string of the molecule is O=C(Nc1ccnc(Cl)c1)c1cc(N2CCC(N3CCCC3)CC2)cc(C(F)(F)F)c1. The van der Waals surface area contributed by atoms with Gasteiger partial charge in [0.05, 0.1) is 5.56 Å². The minimum atomic E-state index is -4.54. The van der Waals surface area contributed by atoms with E-state index in [0.717, 1.165) is 38.1 Å². The second kappa shape index (κ2) is 9.04. The first-order valence-electron chi connectivity index (χ1n) is 10.4. The van der Waals surface area contributed by atoms with E-state index in [2.05, 4.69) is 15.2 Å². The monoisotopic (exact) mass is 452 g/mol. The highest BCUT2D eigenvalue weighted by molar-refractivity contribution is 6.29. The van der Waals surface area contributed by atoms with Gasteiger partial charge in [-0.2, -0.15) is 13.2 Å². The maximum absolute atomic E-state index is 13.5. The van der Waals surface area contributed by atoms with Crippen LogP contribution in [0.2, 0.25) is 5.15 Å². The van der Waals surface area contributed by atoms with Gasteiger partial charge in [-0.15, -0.1) is 0 Å². The zero-order valence-corrected chi connectivity index (χ0v) is 17.7. The third-order valence-corrected chi connectivity index (χ3v) is 6.19. The number of nitrogens with zero attached hydrogens (tertiary/aromatic N) is 3. The molecule has 1 N–H and O–H groups in total. The molecule has 0 atom stereocenters. The number of carbonyl (C=O) groups is 1. The highest BCUT2D eigenvalue weighted by Gasteiger charge is 2.33. The average molecular weight is 453 g/mol. The number of pyridine rings is 1. The smallest absolute Gasteiger partial charge is 0.371 e. The van der Waals surface area contributed by atoms with E-state index in [1.807, 2.05) is 4.90 Å². The third kappa shape index (κ3) is 5.30. The van der Waals surface area contributed by atoms with Gasteiger partial charge in [0, 0.05) is 42.3 Å². The van der Waals surface area contributed by atoms with Crippen LogP contribution in [0.5, 0.6) is 0 Å². The van der Waals surface area contributed by atoms with Gasteiger partial charge in [-0.3, -0.25) is 4.79 Å². The largest absolute Gasteiger partial charge is 0.416 e. The number of rotatable bonds is 4. The number of aromatic nitrogens is 1. The standard InChI is InChI=1S/C22H24ClF3N4O/c23-20-14-17(3-6-27-20)28-21(31)15-11-16(22(24,25)26)13-19(12-15)30-9-4-18(5-10-30)29-7-1-2-8-29/h3,6,11-14,18H,1-2,4-5,7-10H2,(H,27,28,31). The number of hydrogen-bond acceptors (Lipinski definition) is 4. The summed E-state index contributed by atoms with van der Waals surface area (Å²) in [6.07, 6.45) is 1.13. The first kappa shape index (κ1) is 21.9. The Balaban J connectivity index is 1.54. The van der Waals surface area contributed by atoms with Gasteiger partial charge < -0.3 is 15.1 Å². The molecule has 2 saturated heterocycles. The molecule has 9 heteroatoms. The number of amides is 1. The lowest BCUT2D eigenvalue weighted by molar-refractivity contribution is -0.137. The molecule has 0 bridgehead atoms. The molecule has 31 heavy (non-hydrogen) atoms. The van der Waals surface area contributed by atoms with Crippen molar-refractivity contribution in [2.24, 2.45) is 0 Å². The van der Waals surface area contributed by atoms with Crippen LogP contribution in [-0.4, -0.2) is 48.0 Å². The summed E-state index contributed by atoms with van der Waals surface area (Å²) in [6.45, 7) is 3.56. The van der Waals surface area contributed by atoms with Crippen LogP contribution in [0.3, 0.4) is 0 Å². The van der Waals surface area contributed by atoms with Crippen molar-refractivity contribution in [1.82, 2.24) is 9.88 Å². The van der Waals surface area contributed by atoms with Crippen LogP contribution in [0, 0.1) is 0 Å². The predicted molar refractivity (Wildman–Crippen MR) is 115 cm³/mol. The van der Waals surface area contributed by atoms with E-state index in [0.29, 0.717) is 30.5 Å². The number of benzene rings is 1. The van der Waals surface area contributed by atoms with Crippen molar-refractivity contribution in [2.75, 3.05) is 36.4 Å². The maximum Gasteiger partial charge on any atom is 0.416 e. The van der Waals surface area contributed by atoms with Gasteiger partial charge in [-0.25, -0.2) is 4.98 Å². The summed E-state index contributed by atoms with van der Waals surface area (Å²) >= 11 is 5.82. The van der Waals surface area contributed by atoms with Gasteiger partial charge in [-0.05, 0) is 69.1 Å². The molecule has 0 unspecified atom stereocenters. The summed E-state index contributed by atoms with van der Waals surface area (Å²) in [6, 6.07) is 7.01. The van der Waals surface area contributed by atoms with Crippen molar-refractivity contribution < 1.29 is 18.0 Å². The zero-order chi connectivity index (χ0) is 22.0. The molecule has 2 aliphatic heterocycles. The van der Waals surface area contributed by atoms with Crippen molar-refractivity contribution in [1.29, 1.82) is 0 Å². The van der Waals surface area contributed by atoms with Crippen LogP contribution >= 0.6 is 11.6 Å². The molecule has 0 aliphatic carbocycles. The van der Waals surface area contributed by atoms with Crippen molar-refractivity contribution >= 4 is 28.9 Å². The molecule has 2 aliphatic rings. The molecular weight excluding hydrogens is 429 g/mol. The summed E-state index contributed by atoms with van der Waals surface area (Å²) < 4.78 is 40.6. The van der Waals surface area contributed by atoms with Gasteiger partial charge in [0.2, 0.25) is 0 Å². The molecule has 2 fully saturated rings. The number of piperidine rings is 1. The third-order valence-electron chi connectivity index (χ3n) is 5.98. The van der Waals surface area contributed by atoms with Gasteiger partial charge in [0.15, 0.2) is 0 Å². The van der Waals surface area contributed by atoms with Gasteiger partial charge in [-0.1, -0.05) is 11.6 Å². The molecule has 5 nitrogen and oxygen atoms in total. The zero-order valence-electron chi connectivity index (χ0n) is 17.0. The molecule has 1 aromatic carbocycles. The van der Waals surface area contributed by atoms with Crippen molar-refractivity contribution in [2.45, 2.75) is 37.9 Å². The molecule has 0 radical (unpaired) electrons. The first-order valence-corrected chi connectivity index (χ1v) is 10.8. The highest BCUT2D eigenvalue weighted by Crippen LogP contribution is 2.34. The lowest BCUT2D eigenvalue weighted by Gasteiger charge is -2.38. The lowest BCUT2D eigenvalue weighted by atomic mass is 10.0. The fourth-order valence-electron chi connectivity index (χ4n) is 4.37. The number of nitrogens with one attached hydrogen (secondary N) is 1. The Bertz CT molecular complexity index is 939. The van der Waals surface area contributed by atoms with E-state index in [9.17, 15) is 18.0 Å². The van der Waals surface area contributed by atoms with Gasteiger partial charge >= 0.3 is 6.18 Å². The average Bonchev–Trinajstić information content (AvgIpc) is 3.28. The van der Waals surface area contributed by atoms with Crippen molar-refractivity contribution in [3.8, 4) is 0 Å². The lowest BCUT2D eigenvalue weighted by Crippen LogP contribution is -2.44. The number of anilines is 2. The molecule has 1 aromatic heterocycles. The number of likely N-dealkylation sites (tertiary alicyclic amines) is 1. The van der Waals surface area contributed by atoms with E-state index in [4.69, 9.17) is 11.6 Å². The summed E-state index contributed by atoms with van der Waals surface area (Å²) in [5, 5.41) is 2.78. The Kier molecular flexibility index (Phi) is 6.39. The van der Waals surface area contributed by atoms with Crippen molar-refractivity contribution in [3.05, 3.63) is 52.8 Å². The molecular formula is C22H24ClF3N4O. The topological polar surface area (TPSA) is 48.5 Å². The Labute approximate surface area is 184 Å². The quantitative estimate of drug-likeness (QED) is 0.658. The van der Waals surface area contributed by atoms with Crippen molar-refractivity contribution in [3.63, 3.8) is 0 Å². The summed E-state index contributed by atoms with van der Waals surface area (Å²) in [7, 11) is 0. The number of alkyl halides is 3. The Morgan fingerprint density at radius 1 is 1.06 bits per heavy atom. The maximum atomic E-state index is 13.5. The molecule has 3 heterocycles. The van der Waals surface area contributed by atoms with Crippen LogP contribution in [0.4, 0.5) is 24.5 Å². The minimum Gasteiger partial charge on any atom is -0.371 e. The summed E-state index contributed by atoms with van der Waals surface area (Å²) in [4.78, 5) is 21.0. The second-order valence-corrected chi connectivity index (χ2v) is 8.44. The fourth-order valence-corrected chi connectivity index (χ4v) is 4.54. The predicted octanol–water partition coefficient (Wildman–Crippen LogP) is 5.07. The molecule has 166 valence electrons. The highest BCUT2D eigenvalue weighted by atomic mass is 35.5. The molecule has 1 amide bonds. The van der Waals surface area contributed by atoms with Crippen LogP contribution in [0.1, 0.15) is 41.6 Å².